The molecular formula is C14H16F3N3O3. The van der Waals surface area contributed by atoms with Crippen molar-refractivity contribution >= 4 is 11.7 Å². The Morgan fingerprint density at radius 2 is 2.22 bits per heavy atom. The van der Waals surface area contributed by atoms with Crippen LogP contribution in [0.1, 0.15) is 11.3 Å². The summed E-state index contributed by atoms with van der Waals surface area (Å²) in [5.74, 6) is 0. The maximum absolute atomic E-state index is 12.9. The summed E-state index contributed by atoms with van der Waals surface area (Å²) in [6.07, 6.45) is -2.31. The number of alkyl halides is 3. The van der Waals surface area contributed by atoms with E-state index in [0.717, 1.165) is 23.3 Å². The number of nitrogens with zero attached hydrogens (tertiary/aromatic N) is 2. The Morgan fingerprint density at radius 1 is 1.48 bits per heavy atom. The molecule has 0 saturated carbocycles. The highest BCUT2D eigenvalue weighted by atomic mass is 19.4. The minimum Gasteiger partial charge on any atom is -0.376 e. The highest BCUT2D eigenvalue weighted by Gasteiger charge is 2.63. The van der Waals surface area contributed by atoms with Crippen molar-refractivity contribution in [2.24, 2.45) is 0 Å². The van der Waals surface area contributed by atoms with E-state index in [0.29, 0.717) is 25.3 Å². The molecule has 0 aromatic carbocycles. The van der Waals surface area contributed by atoms with Crippen molar-refractivity contribution in [1.82, 2.24) is 9.88 Å². The third kappa shape index (κ3) is 2.86. The molecule has 0 unspecified atom stereocenters. The van der Waals surface area contributed by atoms with Crippen LogP contribution >= 0.6 is 0 Å². The summed E-state index contributed by atoms with van der Waals surface area (Å²) in [6, 6.07) is 1.12. The van der Waals surface area contributed by atoms with Crippen molar-refractivity contribution in [3.8, 4) is 0 Å². The number of pyridine rings is 1. The minimum atomic E-state index is -4.51. The van der Waals surface area contributed by atoms with Crippen LogP contribution in [0.2, 0.25) is 0 Å². The minimum absolute atomic E-state index is 0.413. The molecule has 2 amide bonds. The Bertz CT molecular complexity index is 615. The average molecular weight is 331 g/mol. The Labute approximate surface area is 130 Å². The zero-order chi connectivity index (χ0) is 16.7. The highest BCUT2D eigenvalue weighted by Crippen LogP contribution is 2.40. The van der Waals surface area contributed by atoms with Crippen LogP contribution in [-0.2, 0) is 22.5 Å². The van der Waals surface area contributed by atoms with Crippen LogP contribution in [0.15, 0.2) is 12.3 Å². The number of amides is 2. The number of carbonyl (C=O) groups is 1. The van der Waals surface area contributed by atoms with Gasteiger partial charge in [-0.1, -0.05) is 0 Å². The van der Waals surface area contributed by atoms with Gasteiger partial charge in [-0.05, 0) is 6.07 Å². The van der Waals surface area contributed by atoms with E-state index in [-0.39, 0.29) is 0 Å². The van der Waals surface area contributed by atoms with Crippen molar-refractivity contribution in [3.63, 3.8) is 0 Å². The number of carbonyl (C=O) groups excluding carboxylic acids is 1. The number of methoxy groups -OCH3 is 1. The summed E-state index contributed by atoms with van der Waals surface area (Å²) < 4.78 is 48.6. The first-order chi connectivity index (χ1) is 10.8. The monoisotopic (exact) mass is 331 g/mol. The van der Waals surface area contributed by atoms with E-state index >= 15 is 0 Å². The van der Waals surface area contributed by atoms with Crippen LogP contribution in [0.3, 0.4) is 0 Å². The number of halogens is 3. The normalized spacial score (nSPS) is 19.7. The molecule has 1 aromatic rings. The average Bonchev–Trinajstić information content (AvgIpc) is 2.45. The van der Waals surface area contributed by atoms with Gasteiger partial charge in [0.15, 0.2) is 5.60 Å². The zero-order valence-electron chi connectivity index (χ0n) is 12.4. The first kappa shape index (κ1) is 16.0. The van der Waals surface area contributed by atoms with Gasteiger partial charge in [-0.3, -0.25) is 4.98 Å². The van der Waals surface area contributed by atoms with Gasteiger partial charge in [0.25, 0.3) is 0 Å². The molecule has 1 aromatic heterocycles. The largest absolute Gasteiger partial charge is 0.420 e. The smallest absolute Gasteiger partial charge is 0.376 e. The van der Waals surface area contributed by atoms with Gasteiger partial charge in [0, 0.05) is 24.8 Å². The van der Waals surface area contributed by atoms with E-state index < -0.39 is 30.9 Å². The van der Waals surface area contributed by atoms with Crippen LogP contribution in [0.4, 0.5) is 23.7 Å². The van der Waals surface area contributed by atoms with Crippen molar-refractivity contribution in [3.05, 3.63) is 23.5 Å². The molecule has 1 N–H and O–H groups in total. The lowest BCUT2D eigenvalue weighted by molar-refractivity contribution is -0.303. The van der Waals surface area contributed by atoms with Gasteiger partial charge in [0.1, 0.15) is 0 Å². The highest BCUT2D eigenvalue weighted by molar-refractivity contribution is 5.90. The molecule has 126 valence electrons. The van der Waals surface area contributed by atoms with Gasteiger partial charge < -0.3 is 19.7 Å². The molecule has 0 bridgehead atoms. The van der Waals surface area contributed by atoms with E-state index in [9.17, 15) is 18.0 Å². The van der Waals surface area contributed by atoms with Crippen molar-refractivity contribution < 1.29 is 27.4 Å². The van der Waals surface area contributed by atoms with E-state index in [2.05, 4.69) is 15.0 Å². The fourth-order valence-corrected chi connectivity index (χ4v) is 2.65. The third-order valence-electron chi connectivity index (χ3n) is 4.14. The van der Waals surface area contributed by atoms with E-state index in [1.54, 1.807) is 6.07 Å². The van der Waals surface area contributed by atoms with Crippen LogP contribution in [0.25, 0.3) is 0 Å². The fourth-order valence-electron chi connectivity index (χ4n) is 2.65. The number of anilines is 1. The Hall–Kier alpha value is -1.87. The quantitative estimate of drug-likeness (QED) is 0.900. The molecule has 23 heavy (non-hydrogen) atoms. The van der Waals surface area contributed by atoms with Gasteiger partial charge in [0.05, 0.1) is 38.2 Å². The second-order valence-electron chi connectivity index (χ2n) is 5.61. The molecule has 0 aliphatic carbocycles. The fraction of sp³-hybridized carbons (Fsp3) is 0.571. The molecule has 0 radical (unpaired) electrons. The summed E-state index contributed by atoms with van der Waals surface area (Å²) >= 11 is 0. The number of aromatic nitrogens is 1. The summed E-state index contributed by atoms with van der Waals surface area (Å²) in [6.45, 7) is -0.0345. The summed E-state index contributed by atoms with van der Waals surface area (Å²) in [7, 11) is 0.996. The van der Waals surface area contributed by atoms with Gasteiger partial charge in [-0.25, -0.2) is 4.79 Å². The molecule has 0 atom stereocenters. The third-order valence-corrected chi connectivity index (χ3v) is 4.14. The molecule has 6 nitrogen and oxygen atoms in total. The molecule has 2 aliphatic heterocycles. The number of ether oxygens (including phenoxy) is 2. The van der Waals surface area contributed by atoms with Gasteiger partial charge in [-0.2, -0.15) is 13.2 Å². The van der Waals surface area contributed by atoms with E-state index in [1.807, 2.05) is 0 Å². The van der Waals surface area contributed by atoms with Crippen LogP contribution in [0, 0.1) is 0 Å². The van der Waals surface area contributed by atoms with Gasteiger partial charge >= 0.3 is 12.2 Å². The first-order valence-corrected chi connectivity index (χ1v) is 7.08. The lowest BCUT2D eigenvalue weighted by Crippen LogP contribution is -2.71. The van der Waals surface area contributed by atoms with Crippen LogP contribution in [0.5, 0.6) is 0 Å². The Morgan fingerprint density at radius 3 is 2.87 bits per heavy atom. The van der Waals surface area contributed by atoms with Gasteiger partial charge in [-0.15, -0.1) is 0 Å². The van der Waals surface area contributed by atoms with E-state index in [4.69, 9.17) is 4.74 Å². The van der Waals surface area contributed by atoms with Crippen molar-refractivity contribution in [1.29, 1.82) is 0 Å². The van der Waals surface area contributed by atoms with Crippen LogP contribution < -0.4 is 5.32 Å². The predicted molar refractivity (Wildman–Crippen MR) is 74.0 cm³/mol. The topological polar surface area (TPSA) is 63.7 Å². The molecule has 1 saturated heterocycles. The summed E-state index contributed by atoms with van der Waals surface area (Å²) in [4.78, 5) is 17.3. The molecule has 3 heterocycles. The van der Waals surface area contributed by atoms with Crippen LogP contribution in [-0.4, -0.2) is 54.5 Å². The maximum atomic E-state index is 12.9. The molecule has 3 rings (SSSR count). The Kier molecular flexibility index (Phi) is 3.93. The summed E-state index contributed by atoms with van der Waals surface area (Å²) in [5.41, 5.74) is -0.0548. The lowest BCUT2D eigenvalue weighted by atomic mass is 9.93. The lowest BCUT2D eigenvalue weighted by Gasteiger charge is -2.49. The molecule has 9 heteroatoms. The molecule has 2 aliphatic rings. The number of hydrogen-bond donors (Lipinski definition) is 1. The predicted octanol–water partition coefficient (Wildman–Crippen LogP) is 1.95. The second-order valence-corrected chi connectivity index (χ2v) is 5.61. The number of hydrogen-bond acceptors (Lipinski definition) is 4. The molecule has 1 fully saturated rings. The maximum Gasteiger partial charge on any atom is 0.420 e. The van der Waals surface area contributed by atoms with Crippen molar-refractivity contribution in [2.45, 2.75) is 24.8 Å². The molecule has 0 spiro atoms. The van der Waals surface area contributed by atoms with E-state index in [1.165, 1.54) is 6.20 Å². The molecular weight excluding hydrogens is 315 g/mol. The summed E-state index contributed by atoms with van der Waals surface area (Å²) in [5, 5.41) is 2.55. The SMILES string of the molecule is COC1(C(F)(F)F)CN(C(=O)Nc2cnc3c(c2)COCC3)C1. The standard InChI is InChI=1S/C14H16F3N3O3/c1-22-13(14(15,16)17)7-20(8-13)12(21)19-10-4-9-6-23-3-2-11(9)18-5-10/h4-5H,2-3,6-8H2,1H3,(H,19,21). The number of nitrogens with one attached hydrogen (secondary N) is 1. The van der Waals surface area contributed by atoms with Crippen molar-refractivity contribution in [2.75, 3.05) is 32.1 Å². The number of urea groups is 1. The second kappa shape index (κ2) is 5.64. The number of rotatable bonds is 2. The Balaban J connectivity index is 1.63. The first-order valence-electron chi connectivity index (χ1n) is 7.08. The number of fused-ring (bicyclic) bond motifs is 1. The number of likely N-dealkylation sites (tertiary alicyclic amines) is 1. The van der Waals surface area contributed by atoms with Gasteiger partial charge in [0.2, 0.25) is 0 Å². The zero-order valence-corrected chi connectivity index (χ0v) is 12.4.